The van der Waals surface area contributed by atoms with Crippen LogP contribution in [-0.2, 0) is 34.5 Å². The number of imidazole rings is 1. The molecule has 1 N–H and O–H groups in total. The number of benzene rings is 2. The lowest BCUT2D eigenvalue weighted by atomic mass is 10.1. The van der Waals surface area contributed by atoms with E-state index in [4.69, 9.17) is 9.44 Å². The summed E-state index contributed by atoms with van der Waals surface area (Å²) in [6.07, 6.45) is 4.92. The second-order valence-electron chi connectivity index (χ2n) is 8.46. The molecule has 0 radical (unpaired) electrons. The van der Waals surface area contributed by atoms with Crippen molar-refractivity contribution in [3.63, 3.8) is 0 Å². The van der Waals surface area contributed by atoms with Crippen LogP contribution in [0.4, 0.5) is 4.39 Å². The van der Waals surface area contributed by atoms with Gasteiger partial charge in [-0.15, -0.1) is 0 Å². The molecule has 2 aromatic carbocycles. The van der Waals surface area contributed by atoms with E-state index < -0.39 is 15.9 Å². The van der Waals surface area contributed by atoms with Gasteiger partial charge in [-0.05, 0) is 47.9 Å². The summed E-state index contributed by atoms with van der Waals surface area (Å²) in [5.74, 6) is -0.435. The summed E-state index contributed by atoms with van der Waals surface area (Å²) in [6.45, 7) is 1.62. The molecule has 0 aliphatic carbocycles. The zero-order valence-electron chi connectivity index (χ0n) is 19.3. The summed E-state index contributed by atoms with van der Waals surface area (Å²) in [4.78, 5) is 18.9. The summed E-state index contributed by atoms with van der Waals surface area (Å²) >= 11 is 3.45. The minimum atomic E-state index is -3.66. The van der Waals surface area contributed by atoms with Crippen LogP contribution in [0.1, 0.15) is 28.8 Å². The van der Waals surface area contributed by atoms with E-state index in [1.165, 1.54) is 12.1 Å². The Balaban J connectivity index is 1.36. The van der Waals surface area contributed by atoms with Gasteiger partial charge < -0.3 is 19.0 Å². The topological polar surface area (TPSA) is 117 Å². The summed E-state index contributed by atoms with van der Waals surface area (Å²) < 4.78 is 44.4. The van der Waals surface area contributed by atoms with Gasteiger partial charge in [0.15, 0.2) is 0 Å². The maximum atomic E-state index is 13.9. The molecule has 1 aromatic heterocycles. The number of nitrogens with zero attached hydrogens (tertiary/aromatic N) is 4. The molecule has 1 amide bonds. The fraction of sp³-hybridized carbons (Fsp3) is 0.292. The molecule has 0 spiro atoms. The second kappa shape index (κ2) is 10.8. The van der Waals surface area contributed by atoms with Gasteiger partial charge >= 0.3 is 10.1 Å². The van der Waals surface area contributed by atoms with Crippen molar-refractivity contribution in [1.29, 1.82) is 5.26 Å². The maximum Gasteiger partial charge on any atom is 0.306 e. The van der Waals surface area contributed by atoms with Gasteiger partial charge in [-0.25, -0.2) is 9.37 Å². The standard InChI is InChI=1S/C24H23BrFN5O4S/c1-36(33,34)35-20-4-5-21(25)18(9-20)14-30-7-6-23(24(30)32)29-12-19-11-28-15-31(19)13-16-2-3-17(10-27)22(26)8-16/h2-5,8-9,11,15,23,29H,6-7,12-14H2,1H3. The van der Waals surface area contributed by atoms with Crippen LogP contribution >= 0.6 is 15.9 Å². The highest BCUT2D eigenvalue weighted by Crippen LogP contribution is 2.26. The average Bonchev–Trinajstić information content (AvgIpc) is 3.40. The number of rotatable bonds is 9. The van der Waals surface area contributed by atoms with Crippen LogP contribution in [0.25, 0.3) is 0 Å². The van der Waals surface area contributed by atoms with Crippen LogP contribution in [0.15, 0.2) is 53.4 Å². The molecular weight excluding hydrogens is 553 g/mol. The van der Waals surface area contributed by atoms with E-state index in [9.17, 15) is 17.6 Å². The van der Waals surface area contributed by atoms with E-state index in [0.717, 1.165) is 22.0 Å². The van der Waals surface area contributed by atoms with Crippen LogP contribution in [0.2, 0.25) is 0 Å². The Morgan fingerprint density at radius 3 is 2.81 bits per heavy atom. The highest BCUT2D eigenvalue weighted by atomic mass is 79.9. The number of nitrogens with one attached hydrogen (secondary N) is 1. The molecule has 1 aliphatic heterocycles. The van der Waals surface area contributed by atoms with Crippen molar-refractivity contribution in [2.75, 3.05) is 12.8 Å². The van der Waals surface area contributed by atoms with Gasteiger partial charge in [-0.2, -0.15) is 13.7 Å². The average molecular weight is 576 g/mol. The van der Waals surface area contributed by atoms with Gasteiger partial charge in [0.25, 0.3) is 0 Å². The molecule has 4 rings (SSSR count). The Morgan fingerprint density at radius 2 is 2.08 bits per heavy atom. The van der Waals surface area contributed by atoms with Crippen molar-refractivity contribution in [1.82, 2.24) is 19.8 Å². The summed E-state index contributed by atoms with van der Waals surface area (Å²) in [6, 6.07) is 10.7. The third-order valence-electron chi connectivity index (χ3n) is 5.76. The zero-order valence-corrected chi connectivity index (χ0v) is 21.7. The van der Waals surface area contributed by atoms with E-state index in [-0.39, 0.29) is 23.3 Å². The molecule has 188 valence electrons. The summed E-state index contributed by atoms with van der Waals surface area (Å²) in [5, 5.41) is 12.2. The molecule has 1 atom stereocenters. The fourth-order valence-corrected chi connectivity index (χ4v) is 4.82. The van der Waals surface area contributed by atoms with Crippen molar-refractivity contribution in [2.45, 2.75) is 32.1 Å². The number of amides is 1. The van der Waals surface area contributed by atoms with Gasteiger partial charge in [0, 0.05) is 36.8 Å². The van der Waals surface area contributed by atoms with Crippen LogP contribution in [0, 0.1) is 17.1 Å². The molecule has 3 aromatic rings. The Hall–Kier alpha value is -3.27. The number of hydrogen-bond acceptors (Lipinski definition) is 7. The Kier molecular flexibility index (Phi) is 7.73. The molecule has 1 saturated heterocycles. The minimum absolute atomic E-state index is 0.00255. The van der Waals surface area contributed by atoms with E-state index >= 15 is 0 Å². The molecule has 36 heavy (non-hydrogen) atoms. The third-order valence-corrected chi connectivity index (χ3v) is 7.03. The van der Waals surface area contributed by atoms with Gasteiger partial charge in [0.2, 0.25) is 5.91 Å². The first-order chi connectivity index (χ1) is 17.1. The Bertz CT molecular complexity index is 1440. The van der Waals surface area contributed by atoms with Gasteiger partial charge in [-0.1, -0.05) is 22.0 Å². The van der Waals surface area contributed by atoms with Crippen molar-refractivity contribution in [3.05, 3.63) is 81.6 Å². The van der Waals surface area contributed by atoms with Crippen LogP contribution < -0.4 is 9.50 Å². The van der Waals surface area contributed by atoms with E-state index in [1.807, 2.05) is 10.6 Å². The number of nitriles is 1. The summed E-state index contributed by atoms with van der Waals surface area (Å²) in [7, 11) is -3.66. The van der Waals surface area contributed by atoms with Crippen molar-refractivity contribution in [3.8, 4) is 11.8 Å². The molecule has 2 heterocycles. The zero-order chi connectivity index (χ0) is 25.9. The SMILES string of the molecule is CS(=O)(=O)Oc1ccc(Br)c(CN2CCC(NCc3cncn3Cc3ccc(C#N)c(F)c3)C2=O)c1. The van der Waals surface area contributed by atoms with E-state index in [2.05, 4.69) is 26.2 Å². The number of likely N-dealkylation sites (tertiary alicyclic amines) is 1. The molecule has 12 heteroatoms. The van der Waals surface area contributed by atoms with Crippen LogP contribution in [-0.4, -0.2) is 47.6 Å². The third kappa shape index (κ3) is 6.29. The van der Waals surface area contributed by atoms with Crippen molar-refractivity contribution in [2.24, 2.45) is 0 Å². The number of carbonyl (C=O) groups is 1. The molecule has 0 saturated carbocycles. The molecular formula is C24H23BrFN5O4S. The Labute approximate surface area is 216 Å². The summed E-state index contributed by atoms with van der Waals surface area (Å²) in [5.41, 5.74) is 2.26. The monoisotopic (exact) mass is 575 g/mol. The number of aromatic nitrogens is 2. The highest BCUT2D eigenvalue weighted by molar-refractivity contribution is 9.10. The maximum absolute atomic E-state index is 13.9. The van der Waals surface area contributed by atoms with E-state index in [0.29, 0.717) is 38.2 Å². The lowest BCUT2D eigenvalue weighted by molar-refractivity contribution is -0.130. The van der Waals surface area contributed by atoms with Gasteiger partial charge in [0.1, 0.15) is 17.6 Å². The Morgan fingerprint density at radius 1 is 1.28 bits per heavy atom. The fourth-order valence-electron chi connectivity index (χ4n) is 4.00. The number of carbonyl (C=O) groups excluding carboxylic acids is 1. The second-order valence-corrected chi connectivity index (χ2v) is 10.9. The first-order valence-electron chi connectivity index (χ1n) is 11.0. The molecule has 1 aliphatic rings. The van der Waals surface area contributed by atoms with Crippen molar-refractivity contribution < 1.29 is 21.8 Å². The lowest BCUT2D eigenvalue weighted by Crippen LogP contribution is -2.38. The van der Waals surface area contributed by atoms with Crippen LogP contribution in [0.5, 0.6) is 5.75 Å². The van der Waals surface area contributed by atoms with Crippen LogP contribution in [0.3, 0.4) is 0 Å². The van der Waals surface area contributed by atoms with E-state index in [1.54, 1.807) is 41.7 Å². The minimum Gasteiger partial charge on any atom is -0.383 e. The molecule has 1 fully saturated rings. The molecule has 0 bridgehead atoms. The highest BCUT2D eigenvalue weighted by Gasteiger charge is 2.31. The normalized spacial score (nSPS) is 15.8. The quantitative estimate of drug-likeness (QED) is 0.390. The van der Waals surface area contributed by atoms with Gasteiger partial charge in [-0.3, -0.25) is 4.79 Å². The van der Waals surface area contributed by atoms with Gasteiger partial charge in [0.05, 0.1) is 29.9 Å². The smallest absolute Gasteiger partial charge is 0.306 e. The van der Waals surface area contributed by atoms with Crippen molar-refractivity contribution >= 4 is 32.0 Å². The molecule has 9 nitrogen and oxygen atoms in total. The number of halogens is 2. The predicted molar refractivity (Wildman–Crippen MR) is 133 cm³/mol. The largest absolute Gasteiger partial charge is 0.383 e. The first-order valence-corrected chi connectivity index (χ1v) is 13.6. The molecule has 1 unspecified atom stereocenters. The predicted octanol–water partition coefficient (Wildman–Crippen LogP) is 2.93. The first kappa shape index (κ1) is 25.8. The number of hydrogen-bond donors (Lipinski definition) is 1. The lowest BCUT2D eigenvalue weighted by Gasteiger charge is -2.19.